The summed E-state index contributed by atoms with van der Waals surface area (Å²) in [6.07, 6.45) is 0.879. The molecule has 46 heavy (non-hydrogen) atoms. The first-order valence-electron chi connectivity index (χ1n) is 17.7. The van der Waals surface area contributed by atoms with Crippen LogP contribution in [0.15, 0.2) is 11.3 Å². The lowest BCUT2D eigenvalue weighted by atomic mass is 9.41. The molecular weight excluding hydrogens is 592 g/mol. The molecule has 0 unspecified atom stereocenters. The average molecular weight is 647 g/mol. The second-order valence-electron chi connectivity index (χ2n) is 18.0. The molecular formula is C36H54O10. The smallest absolute Gasteiger partial charge is 0.488 e. The number of aliphatic hydroxyl groups is 4. The second-order valence-corrected chi connectivity index (χ2v) is 18.0. The number of fused-ring (bicyclic) bond motifs is 3. The zero-order chi connectivity index (χ0) is 33.0. The van der Waals surface area contributed by atoms with Gasteiger partial charge in [0.25, 0.3) is 0 Å². The van der Waals surface area contributed by atoms with E-state index in [1.807, 2.05) is 13.8 Å². The molecule has 0 bridgehead atoms. The molecule has 8 rings (SSSR count). The first kappa shape index (κ1) is 31.8. The highest BCUT2D eigenvalue weighted by Gasteiger charge is 2.83. The number of hydrogen-bond acceptors (Lipinski definition) is 10. The van der Waals surface area contributed by atoms with E-state index in [2.05, 4.69) is 34.6 Å². The molecule has 4 saturated carbocycles. The van der Waals surface area contributed by atoms with Crippen molar-refractivity contribution in [1.82, 2.24) is 0 Å². The number of allylic oxidation sites excluding steroid dienone is 1. The van der Waals surface area contributed by atoms with Gasteiger partial charge in [-0.05, 0) is 105 Å². The van der Waals surface area contributed by atoms with Gasteiger partial charge in [0.2, 0.25) is 0 Å². The molecule has 2 spiro atoms. The molecule has 10 heteroatoms. The standard InChI is InChI=1S/C36H54O10/c1-17-14-19(28-32(4,5)46-30(41)45-28)43-26-23(17)33(6)12-13-36-16-35(36)11-10-22(44-29-25(39)24(38)18(37)15-42-29)31(2,3)20(35)8-9-21(36)34(33,7)27(26)40/h17-22,24-25,27-29,37-40H,8-16H2,1-7H3/t17-,18-,19-,20+,21+,22+,24+,25-,27+,28+,29+,33-,34-,35-,36+/m1/s1. The Balaban J connectivity index is 1.06. The van der Waals surface area contributed by atoms with Crippen LogP contribution >= 0.6 is 0 Å². The van der Waals surface area contributed by atoms with Gasteiger partial charge in [0.15, 0.2) is 18.0 Å². The molecule has 6 fully saturated rings. The minimum Gasteiger partial charge on any atom is -0.488 e. The molecule has 2 saturated heterocycles. The number of carbonyl (C=O) groups excluding carboxylic acids is 1. The van der Waals surface area contributed by atoms with Gasteiger partial charge in [-0.15, -0.1) is 0 Å². The maximum atomic E-state index is 12.4. The predicted octanol–water partition coefficient (Wildman–Crippen LogP) is 4.21. The molecule has 3 aliphatic heterocycles. The molecule has 0 aromatic carbocycles. The van der Waals surface area contributed by atoms with Gasteiger partial charge in [0.05, 0.1) is 12.7 Å². The molecule has 0 amide bonds. The predicted molar refractivity (Wildman–Crippen MR) is 164 cm³/mol. The Kier molecular flexibility index (Phi) is 6.66. The Hall–Kier alpha value is -1.43. The Morgan fingerprint density at radius 1 is 0.848 bits per heavy atom. The first-order valence-corrected chi connectivity index (χ1v) is 17.7. The highest BCUT2D eigenvalue weighted by molar-refractivity contribution is 5.63. The number of rotatable bonds is 3. The van der Waals surface area contributed by atoms with Gasteiger partial charge < -0.3 is 44.1 Å². The Labute approximate surface area is 272 Å². The molecule has 0 aromatic heterocycles. The van der Waals surface area contributed by atoms with Crippen molar-refractivity contribution in [2.45, 2.75) is 154 Å². The quantitative estimate of drug-likeness (QED) is 0.260. The van der Waals surface area contributed by atoms with E-state index in [9.17, 15) is 25.2 Å². The molecule has 3 heterocycles. The average Bonchev–Trinajstić information content (AvgIpc) is 3.51. The van der Waals surface area contributed by atoms with Crippen molar-refractivity contribution in [2.75, 3.05) is 6.61 Å². The SMILES string of the molecule is C[C@@H]1C[C@H]([C@@H]2OC(=O)OC2(C)C)OC2=C1[C@@]1(C)CC[C@@]34C[C@@]35CC[C@H](O[C@@H]3OC[C@@H](O)[C@H](O)[C@H]3O)C(C)(C)[C@@H]5CC[C@H]4[C@]1(C)[C@H]2O. The number of ether oxygens (including phenoxy) is 5. The Bertz CT molecular complexity index is 1340. The van der Waals surface area contributed by atoms with Gasteiger partial charge >= 0.3 is 6.16 Å². The van der Waals surface area contributed by atoms with Crippen LogP contribution in [0.3, 0.4) is 0 Å². The summed E-state index contributed by atoms with van der Waals surface area (Å²) in [5.41, 5.74) is 0.0646. The molecule has 0 aromatic rings. The summed E-state index contributed by atoms with van der Waals surface area (Å²) >= 11 is 0. The molecule has 15 atom stereocenters. The third kappa shape index (κ3) is 3.72. The summed E-state index contributed by atoms with van der Waals surface area (Å²) in [6, 6.07) is 0. The second kappa shape index (κ2) is 9.63. The van der Waals surface area contributed by atoms with E-state index in [4.69, 9.17) is 23.7 Å². The number of hydrogen-bond donors (Lipinski definition) is 4. The lowest BCUT2D eigenvalue weighted by Gasteiger charge is -2.63. The van der Waals surface area contributed by atoms with E-state index >= 15 is 0 Å². The molecule has 258 valence electrons. The maximum Gasteiger partial charge on any atom is 0.509 e. The fourth-order valence-electron chi connectivity index (χ4n) is 13.2. The van der Waals surface area contributed by atoms with E-state index < -0.39 is 48.6 Å². The van der Waals surface area contributed by atoms with E-state index in [0.717, 1.165) is 50.7 Å². The summed E-state index contributed by atoms with van der Waals surface area (Å²) in [7, 11) is 0. The van der Waals surface area contributed by atoms with Crippen molar-refractivity contribution in [3.8, 4) is 0 Å². The van der Waals surface area contributed by atoms with Crippen molar-refractivity contribution in [2.24, 2.45) is 44.8 Å². The lowest BCUT2D eigenvalue weighted by Crippen LogP contribution is -2.61. The Morgan fingerprint density at radius 3 is 2.24 bits per heavy atom. The number of carbonyl (C=O) groups is 1. The van der Waals surface area contributed by atoms with Gasteiger partial charge in [-0.1, -0.05) is 34.6 Å². The minimum atomic E-state index is -1.29. The molecule has 8 aliphatic rings. The van der Waals surface area contributed by atoms with Crippen LogP contribution in [0.1, 0.15) is 99.8 Å². The molecule has 5 aliphatic carbocycles. The number of aliphatic hydroxyl groups excluding tert-OH is 4. The van der Waals surface area contributed by atoms with Gasteiger partial charge in [0, 0.05) is 10.8 Å². The molecule has 4 N–H and O–H groups in total. The van der Waals surface area contributed by atoms with Gasteiger partial charge in [-0.3, -0.25) is 0 Å². The van der Waals surface area contributed by atoms with Gasteiger partial charge in [0.1, 0.15) is 36.3 Å². The van der Waals surface area contributed by atoms with E-state index in [1.54, 1.807) is 0 Å². The van der Waals surface area contributed by atoms with Crippen molar-refractivity contribution < 1.29 is 48.9 Å². The van der Waals surface area contributed by atoms with Crippen molar-refractivity contribution >= 4 is 6.16 Å². The zero-order valence-corrected chi connectivity index (χ0v) is 28.5. The summed E-state index contributed by atoms with van der Waals surface area (Å²) in [5.74, 6) is 1.69. The van der Waals surface area contributed by atoms with Crippen molar-refractivity contribution in [3.63, 3.8) is 0 Å². The summed E-state index contributed by atoms with van der Waals surface area (Å²) in [6.45, 7) is 15.2. The van der Waals surface area contributed by atoms with Gasteiger partial charge in [-0.25, -0.2) is 4.79 Å². The third-order valence-corrected chi connectivity index (χ3v) is 15.5. The fraction of sp³-hybridized carbons (Fsp3) is 0.917. The van der Waals surface area contributed by atoms with Crippen LogP contribution in [0.4, 0.5) is 4.79 Å². The topological polar surface area (TPSA) is 144 Å². The molecule has 0 radical (unpaired) electrons. The van der Waals surface area contributed by atoms with Crippen LogP contribution in [0.5, 0.6) is 0 Å². The highest BCUT2D eigenvalue weighted by Crippen LogP contribution is 2.89. The largest absolute Gasteiger partial charge is 0.509 e. The van der Waals surface area contributed by atoms with E-state index in [1.165, 1.54) is 12.0 Å². The van der Waals surface area contributed by atoms with Crippen LogP contribution in [-0.2, 0) is 23.7 Å². The van der Waals surface area contributed by atoms with Crippen molar-refractivity contribution in [3.05, 3.63) is 11.3 Å². The highest BCUT2D eigenvalue weighted by atomic mass is 16.8. The van der Waals surface area contributed by atoms with Crippen LogP contribution in [-0.4, -0.2) is 87.8 Å². The first-order chi connectivity index (χ1) is 21.4. The third-order valence-electron chi connectivity index (χ3n) is 15.5. The van der Waals surface area contributed by atoms with Crippen LogP contribution < -0.4 is 0 Å². The minimum absolute atomic E-state index is 0.0632. The fourth-order valence-corrected chi connectivity index (χ4v) is 13.2. The summed E-state index contributed by atoms with van der Waals surface area (Å²) < 4.78 is 30.0. The summed E-state index contributed by atoms with van der Waals surface area (Å²) in [4.78, 5) is 12.1. The Morgan fingerprint density at radius 2 is 1.54 bits per heavy atom. The normalized spacial score (nSPS) is 56.3. The molecule has 10 nitrogen and oxygen atoms in total. The van der Waals surface area contributed by atoms with Crippen LogP contribution in [0, 0.1) is 44.8 Å². The lowest BCUT2D eigenvalue weighted by molar-refractivity contribution is -0.303. The maximum absolute atomic E-state index is 12.4. The van der Waals surface area contributed by atoms with E-state index in [0.29, 0.717) is 11.8 Å². The zero-order valence-electron chi connectivity index (χ0n) is 28.5. The van der Waals surface area contributed by atoms with Crippen LogP contribution in [0.25, 0.3) is 0 Å². The monoisotopic (exact) mass is 646 g/mol. The number of cyclic esters (lactones) is 2. The van der Waals surface area contributed by atoms with Gasteiger partial charge in [-0.2, -0.15) is 0 Å². The van der Waals surface area contributed by atoms with Crippen LogP contribution in [0.2, 0.25) is 0 Å². The van der Waals surface area contributed by atoms with E-state index in [-0.39, 0.29) is 51.8 Å². The van der Waals surface area contributed by atoms with Crippen molar-refractivity contribution in [1.29, 1.82) is 0 Å². The summed E-state index contributed by atoms with van der Waals surface area (Å²) in [5, 5.41) is 43.3.